The van der Waals surface area contributed by atoms with Crippen LogP contribution in [0.5, 0.6) is 0 Å². The summed E-state index contributed by atoms with van der Waals surface area (Å²) < 4.78 is 34.4. The first-order chi connectivity index (χ1) is 46.5. The molecule has 0 aliphatic carbocycles. The van der Waals surface area contributed by atoms with Crippen LogP contribution in [-0.2, 0) is 32.7 Å². The maximum Gasteiger partial charge on any atom is 0.306 e. The van der Waals surface area contributed by atoms with Crippen LogP contribution in [0.2, 0.25) is 0 Å². The van der Waals surface area contributed by atoms with E-state index >= 15 is 0 Å². The standard InChI is InChI=1S/C85H158NO8P/c1-6-8-10-12-14-16-18-20-22-24-26-28-30-32-34-36-38-40-42-44-45-47-49-51-53-55-57-59-61-63-65-67-69-71-73-75-77-84(87)91-81-83(82-93-95(89,90)92-80-79-86(3,4)5)94-85(88)78-76-74-72-70-68-66-64-62-60-58-56-54-52-50-48-46-43-41-39-37-35-33-31-29-27-25-23-21-19-17-15-13-11-9-7-2/h9,11,15,17,21,23,27,29,33,35,39,41,83H,6-8,10,12-14,16,18-20,22,24-26,28,30-32,34,36-38,40,42-82H2,1-5H3/b11-9-,17-15-,23-21-,29-27-,35-33-,41-39-. The third-order valence-electron chi connectivity index (χ3n) is 18.5. The third-order valence-corrected chi connectivity index (χ3v) is 19.5. The van der Waals surface area contributed by atoms with Crippen LogP contribution < -0.4 is 4.89 Å². The number of quaternary nitrogens is 1. The van der Waals surface area contributed by atoms with Crippen LogP contribution >= 0.6 is 7.82 Å². The number of carbonyl (C=O) groups excluding carboxylic acids is 2. The molecule has 0 saturated heterocycles. The number of nitrogens with zero attached hydrogens (tertiary/aromatic N) is 1. The summed E-state index contributed by atoms with van der Waals surface area (Å²) in [6.07, 6.45) is 103. The van der Waals surface area contributed by atoms with E-state index in [4.69, 9.17) is 18.5 Å². The van der Waals surface area contributed by atoms with Gasteiger partial charge in [-0.1, -0.05) is 401 Å². The lowest BCUT2D eigenvalue weighted by molar-refractivity contribution is -0.870. The molecule has 95 heavy (non-hydrogen) atoms. The van der Waals surface area contributed by atoms with Crippen LogP contribution in [0.4, 0.5) is 0 Å². The Kier molecular flexibility index (Phi) is 73.6. The fourth-order valence-corrected chi connectivity index (χ4v) is 13.0. The quantitative estimate of drug-likeness (QED) is 0.0195. The summed E-state index contributed by atoms with van der Waals surface area (Å²) in [5.74, 6) is -0.813. The van der Waals surface area contributed by atoms with Crippen LogP contribution in [0.3, 0.4) is 0 Å². The van der Waals surface area contributed by atoms with E-state index in [9.17, 15) is 19.0 Å². The average molecular weight is 1350 g/mol. The number of phosphoric ester groups is 1. The molecule has 0 aliphatic heterocycles. The van der Waals surface area contributed by atoms with E-state index in [1.54, 1.807) is 0 Å². The summed E-state index contributed by atoms with van der Waals surface area (Å²) in [6.45, 7) is 4.20. The highest BCUT2D eigenvalue weighted by molar-refractivity contribution is 7.45. The molecule has 10 heteroatoms. The van der Waals surface area contributed by atoms with Gasteiger partial charge in [-0.15, -0.1) is 0 Å². The van der Waals surface area contributed by atoms with Gasteiger partial charge < -0.3 is 27.9 Å². The number of unbranched alkanes of at least 4 members (excludes halogenated alkanes) is 51. The molecular weight excluding hydrogens is 1190 g/mol. The van der Waals surface area contributed by atoms with Gasteiger partial charge in [-0.05, 0) is 64.2 Å². The van der Waals surface area contributed by atoms with E-state index in [0.29, 0.717) is 17.4 Å². The zero-order chi connectivity index (χ0) is 69.0. The van der Waals surface area contributed by atoms with Crippen molar-refractivity contribution in [2.75, 3.05) is 47.5 Å². The molecule has 0 amide bonds. The molecule has 0 N–H and O–H groups in total. The second kappa shape index (κ2) is 75.6. The Balaban J connectivity index is 3.91. The van der Waals surface area contributed by atoms with Crippen molar-refractivity contribution in [1.29, 1.82) is 0 Å². The second-order valence-corrected chi connectivity index (χ2v) is 30.5. The number of esters is 2. The molecule has 0 radical (unpaired) electrons. The Labute approximate surface area is 590 Å². The maximum atomic E-state index is 12.9. The van der Waals surface area contributed by atoms with Crippen LogP contribution in [0.1, 0.15) is 406 Å². The van der Waals surface area contributed by atoms with E-state index in [2.05, 4.69) is 86.8 Å². The third kappa shape index (κ3) is 80.3. The Morgan fingerprint density at radius 1 is 0.337 bits per heavy atom. The molecule has 2 atom stereocenters. The van der Waals surface area contributed by atoms with Gasteiger partial charge >= 0.3 is 11.9 Å². The molecule has 0 fully saturated rings. The maximum absolute atomic E-state index is 12.9. The van der Waals surface area contributed by atoms with Crippen LogP contribution in [0, 0.1) is 0 Å². The van der Waals surface area contributed by atoms with E-state index in [1.165, 1.54) is 295 Å². The number of hydrogen-bond acceptors (Lipinski definition) is 8. The fraction of sp³-hybridized carbons (Fsp3) is 0.835. The minimum Gasteiger partial charge on any atom is -0.756 e. The van der Waals surface area contributed by atoms with Crippen molar-refractivity contribution < 1.29 is 42.1 Å². The first-order valence-electron chi connectivity index (χ1n) is 41.1. The normalized spacial score (nSPS) is 13.4. The zero-order valence-corrected chi connectivity index (χ0v) is 64.5. The SMILES string of the molecule is CC/C=C\C/C=C\C/C=C\C/C=C\C/C=C\C/C=C\CCCCCCCCCCCCCCCCCCC(=O)OC(COC(=O)CCCCCCCCCCCCCCCCCCCCCCCCCCCCCCCCCCCCCC)COP(=O)([O-])OCC[N+](C)(C)C. The molecule has 9 nitrogen and oxygen atoms in total. The smallest absolute Gasteiger partial charge is 0.306 e. The van der Waals surface area contributed by atoms with Gasteiger partial charge in [-0.3, -0.25) is 14.2 Å². The molecule has 556 valence electrons. The Bertz CT molecular complexity index is 1830. The van der Waals surface area contributed by atoms with Gasteiger partial charge in [-0.2, -0.15) is 0 Å². The topological polar surface area (TPSA) is 111 Å². The highest BCUT2D eigenvalue weighted by Gasteiger charge is 2.22. The van der Waals surface area contributed by atoms with Gasteiger partial charge in [0.15, 0.2) is 6.10 Å². The van der Waals surface area contributed by atoms with Gasteiger partial charge in [0.1, 0.15) is 19.8 Å². The van der Waals surface area contributed by atoms with Gasteiger partial charge in [0.2, 0.25) is 0 Å². The monoisotopic (exact) mass is 1350 g/mol. The second-order valence-electron chi connectivity index (χ2n) is 29.1. The Hall–Kier alpha value is -2.55. The Morgan fingerprint density at radius 3 is 0.895 bits per heavy atom. The summed E-state index contributed by atoms with van der Waals surface area (Å²) in [4.78, 5) is 38.2. The van der Waals surface area contributed by atoms with Gasteiger partial charge in [0, 0.05) is 12.8 Å². The van der Waals surface area contributed by atoms with Crippen molar-refractivity contribution in [2.45, 2.75) is 412 Å². The molecule has 0 spiro atoms. The number of carbonyl (C=O) groups is 2. The lowest BCUT2D eigenvalue weighted by Crippen LogP contribution is -2.37. The first kappa shape index (κ1) is 92.4. The van der Waals surface area contributed by atoms with E-state index in [0.717, 1.165) is 77.0 Å². The molecule has 0 aliphatic rings. The number of allylic oxidation sites excluding steroid dienone is 12. The number of likely N-dealkylation sites (N-methyl/N-ethyl adjacent to an activating group) is 1. The number of ether oxygens (including phenoxy) is 2. The molecule has 0 rings (SSSR count). The van der Waals surface area contributed by atoms with Crippen LogP contribution in [0.25, 0.3) is 0 Å². The van der Waals surface area contributed by atoms with E-state index < -0.39 is 26.5 Å². The first-order valence-corrected chi connectivity index (χ1v) is 42.6. The number of hydrogen-bond donors (Lipinski definition) is 0. The minimum atomic E-state index is -4.65. The van der Waals surface area contributed by atoms with Crippen molar-refractivity contribution >= 4 is 19.8 Å². The van der Waals surface area contributed by atoms with E-state index in [-0.39, 0.29) is 32.0 Å². The van der Waals surface area contributed by atoms with Gasteiger partial charge in [-0.25, -0.2) is 0 Å². The van der Waals surface area contributed by atoms with Crippen molar-refractivity contribution in [1.82, 2.24) is 0 Å². The highest BCUT2D eigenvalue weighted by atomic mass is 31.2. The molecule has 2 unspecified atom stereocenters. The summed E-state index contributed by atoms with van der Waals surface area (Å²) in [7, 11) is 1.18. The summed E-state index contributed by atoms with van der Waals surface area (Å²) in [5, 5.41) is 0. The zero-order valence-electron chi connectivity index (χ0n) is 63.6. The highest BCUT2D eigenvalue weighted by Crippen LogP contribution is 2.38. The molecule has 0 saturated carbocycles. The lowest BCUT2D eigenvalue weighted by atomic mass is 10.0. The van der Waals surface area contributed by atoms with Crippen LogP contribution in [0.15, 0.2) is 72.9 Å². The molecule has 0 aromatic rings. The van der Waals surface area contributed by atoms with E-state index in [1.807, 2.05) is 21.1 Å². The number of phosphoric acid groups is 1. The predicted molar refractivity (Wildman–Crippen MR) is 411 cm³/mol. The van der Waals surface area contributed by atoms with Crippen molar-refractivity contribution in [3.63, 3.8) is 0 Å². The average Bonchev–Trinajstić information content (AvgIpc) is 2.16. The van der Waals surface area contributed by atoms with Gasteiger partial charge in [0.05, 0.1) is 27.7 Å². The fourth-order valence-electron chi connectivity index (χ4n) is 12.3. The van der Waals surface area contributed by atoms with Gasteiger partial charge in [0.25, 0.3) is 7.82 Å². The summed E-state index contributed by atoms with van der Waals surface area (Å²) in [5.41, 5.74) is 0. The van der Waals surface area contributed by atoms with Crippen molar-refractivity contribution in [3.8, 4) is 0 Å². The number of rotatable bonds is 77. The molecule has 0 bridgehead atoms. The van der Waals surface area contributed by atoms with Crippen molar-refractivity contribution in [3.05, 3.63) is 72.9 Å². The largest absolute Gasteiger partial charge is 0.756 e. The Morgan fingerprint density at radius 2 is 0.600 bits per heavy atom. The molecule has 0 heterocycles. The van der Waals surface area contributed by atoms with Crippen LogP contribution in [-0.4, -0.2) is 70.0 Å². The summed E-state index contributed by atoms with van der Waals surface area (Å²) >= 11 is 0. The predicted octanol–water partition coefficient (Wildman–Crippen LogP) is 26.8. The van der Waals surface area contributed by atoms with Crippen molar-refractivity contribution in [2.24, 2.45) is 0 Å². The molecular formula is C85H158NO8P. The lowest BCUT2D eigenvalue weighted by Gasteiger charge is -2.28. The minimum absolute atomic E-state index is 0.0298. The summed E-state index contributed by atoms with van der Waals surface area (Å²) in [6, 6.07) is 0. The molecule has 0 aromatic heterocycles. The molecule has 0 aromatic carbocycles.